The summed E-state index contributed by atoms with van der Waals surface area (Å²) in [5.41, 5.74) is 0.257. The molecule has 0 aliphatic carbocycles. The molecule has 0 spiro atoms. The van der Waals surface area contributed by atoms with Crippen LogP contribution in [0.2, 0.25) is 0 Å². The second kappa shape index (κ2) is 4.65. The van der Waals surface area contributed by atoms with Gasteiger partial charge in [0.1, 0.15) is 0 Å². The van der Waals surface area contributed by atoms with Crippen LogP contribution >= 0.6 is 0 Å². The second-order valence-electron chi connectivity index (χ2n) is 6.03. The Morgan fingerprint density at radius 1 is 1.19 bits per heavy atom. The predicted octanol–water partition coefficient (Wildman–Crippen LogP) is 1.98. The zero-order valence-electron chi connectivity index (χ0n) is 11.0. The standard InChI is InChI=1S/C12H25NO2S/c1-5-6-12(9-13-10-12)7-8-16(14,15)11(2,3)4/h13H,5-10H2,1-4H3. The minimum Gasteiger partial charge on any atom is -0.316 e. The van der Waals surface area contributed by atoms with E-state index >= 15 is 0 Å². The summed E-state index contributed by atoms with van der Waals surface area (Å²) in [5.74, 6) is 0.332. The van der Waals surface area contributed by atoms with E-state index in [2.05, 4.69) is 12.2 Å². The molecule has 0 bridgehead atoms. The van der Waals surface area contributed by atoms with Crippen molar-refractivity contribution in [2.75, 3.05) is 18.8 Å². The smallest absolute Gasteiger partial charge is 0.155 e. The molecule has 1 aliphatic heterocycles. The van der Waals surface area contributed by atoms with Gasteiger partial charge < -0.3 is 5.32 Å². The molecule has 1 fully saturated rings. The van der Waals surface area contributed by atoms with E-state index < -0.39 is 14.6 Å². The fourth-order valence-electron chi connectivity index (χ4n) is 2.14. The van der Waals surface area contributed by atoms with E-state index in [0.717, 1.165) is 32.4 Å². The molecule has 1 aliphatic rings. The molecule has 0 amide bonds. The van der Waals surface area contributed by atoms with Crippen LogP contribution in [0.15, 0.2) is 0 Å². The Morgan fingerprint density at radius 2 is 1.75 bits per heavy atom. The maximum atomic E-state index is 12.0. The highest BCUT2D eigenvalue weighted by atomic mass is 32.2. The van der Waals surface area contributed by atoms with Crippen molar-refractivity contribution in [3.05, 3.63) is 0 Å². The SMILES string of the molecule is CCCC1(CCS(=O)(=O)C(C)(C)C)CNC1. The third kappa shape index (κ3) is 2.98. The summed E-state index contributed by atoms with van der Waals surface area (Å²) in [6.07, 6.45) is 3.09. The summed E-state index contributed by atoms with van der Waals surface area (Å²) >= 11 is 0. The molecule has 96 valence electrons. The lowest BCUT2D eigenvalue weighted by molar-refractivity contribution is 0.145. The summed E-state index contributed by atoms with van der Waals surface area (Å²) in [7, 11) is -2.95. The van der Waals surface area contributed by atoms with Crippen molar-refractivity contribution in [3.8, 4) is 0 Å². The minimum atomic E-state index is -2.95. The van der Waals surface area contributed by atoms with Crippen molar-refractivity contribution in [2.24, 2.45) is 5.41 Å². The molecule has 1 N–H and O–H groups in total. The van der Waals surface area contributed by atoms with Gasteiger partial charge in [-0.25, -0.2) is 8.42 Å². The van der Waals surface area contributed by atoms with Crippen molar-refractivity contribution < 1.29 is 8.42 Å². The highest BCUT2D eigenvalue weighted by Crippen LogP contribution is 2.34. The summed E-state index contributed by atoms with van der Waals surface area (Å²) in [4.78, 5) is 0. The van der Waals surface area contributed by atoms with Crippen LogP contribution in [-0.2, 0) is 9.84 Å². The maximum Gasteiger partial charge on any atom is 0.155 e. The van der Waals surface area contributed by atoms with Crippen molar-refractivity contribution in [3.63, 3.8) is 0 Å². The number of hydrogen-bond donors (Lipinski definition) is 1. The maximum absolute atomic E-state index is 12.0. The van der Waals surface area contributed by atoms with Crippen molar-refractivity contribution >= 4 is 9.84 Å². The molecule has 0 aromatic rings. The molecular weight excluding hydrogens is 222 g/mol. The molecule has 0 aromatic carbocycles. The highest BCUT2D eigenvalue weighted by Gasteiger charge is 2.38. The van der Waals surface area contributed by atoms with Crippen molar-refractivity contribution in [2.45, 2.75) is 51.7 Å². The average Bonchev–Trinajstić information content (AvgIpc) is 2.07. The Morgan fingerprint density at radius 3 is 2.06 bits per heavy atom. The minimum absolute atomic E-state index is 0.257. The van der Waals surface area contributed by atoms with Crippen LogP contribution in [0.5, 0.6) is 0 Å². The van der Waals surface area contributed by atoms with Crippen LogP contribution in [-0.4, -0.2) is 32.0 Å². The molecule has 16 heavy (non-hydrogen) atoms. The zero-order chi connectivity index (χ0) is 12.4. The van der Waals surface area contributed by atoms with Gasteiger partial charge in [-0.15, -0.1) is 0 Å². The Bertz CT molecular complexity index is 323. The average molecular weight is 247 g/mol. The predicted molar refractivity (Wildman–Crippen MR) is 68.4 cm³/mol. The van der Waals surface area contributed by atoms with Crippen LogP contribution in [0, 0.1) is 5.41 Å². The van der Waals surface area contributed by atoms with Gasteiger partial charge in [0, 0.05) is 13.1 Å². The lowest BCUT2D eigenvalue weighted by atomic mass is 9.75. The Balaban J connectivity index is 2.57. The van der Waals surface area contributed by atoms with E-state index in [9.17, 15) is 8.42 Å². The van der Waals surface area contributed by atoms with Gasteiger partial charge in [-0.3, -0.25) is 0 Å². The number of hydrogen-bond acceptors (Lipinski definition) is 3. The lowest BCUT2D eigenvalue weighted by Crippen LogP contribution is -2.54. The van der Waals surface area contributed by atoms with Gasteiger partial charge in [0.05, 0.1) is 10.5 Å². The summed E-state index contributed by atoms with van der Waals surface area (Å²) < 4.78 is 23.4. The van der Waals surface area contributed by atoms with E-state index in [1.54, 1.807) is 20.8 Å². The quantitative estimate of drug-likeness (QED) is 0.808. The summed E-state index contributed by atoms with van der Waals surface area (Å²) in [5, 5.41) is 3.27. The fourth-order valence-corrected chi connectivity index (χ4v) is 3.46. The highest BCUT2D eigenvalue weighted by molar-refractivity contribution is 7.92. The number of rotatable bonds is 5. The summed E-state index contributed by atoms with van der Waals surface area (Å²) in [6, 6.07) is 0. The first-order valence-corrected chi connectivity index (χ1v) is 7.81. The van der Waals surface area contributed by atoms with Gasteiger partial charge in [-0.05, 0) is 39.0 Å². The van der Waals surface area contributed by atoms with Crippen LogP contribution in [0.3, 0.4) is 0 Å². The molecule has 0 radical (unpaired) electrons. The van der Waals surface area contributed by atoms with E-state index in [1.807, 2.05) is 0 Å². The van der Waals surface area contributed by atoms with Gasteiger partial charge in [0.15, 0.2) is 9.84 Å². The first kappa shape index (κ1) is 14.0. The van der Waals surface area contributed by atoms with Crippen LogP contribution in [0.1, 0.15) is 47.0 Å². The zero-order valence-corrected chi connectivity index (χ0v) is 11.8. The van der Waals surface area contributed by atoms with Crippen LogP contribution in [0.4, 0.5) is 0 Å². The van der Waals surface area contributed by atoms with Gasteiger partial charge in [-0.2, -0.15) is 0 Å². The number of nitrogens with one attached hydrogen (secondary N) is 1. The molecule has 4 heteroatoms. The van der Waals surface area contributed by atoms with Crippen molar-refractivity contribution in [1.82, 2.24) is 5.32 Å². The van der Waals surface area contributed by atoms with Gasteiger partial charge >= 0.3 is 0 Å². The Kier molecular flexibility index (Phi) is 4.06. The van der Waals surface area contributed by atoms with Crippen LogP contribution < -0.4 is 5.32 Å². The monoisotopic (exact) mass is 247 g/mol. The molecule has 3 nitrogen and oxygen atoms in total. The Labute approximate surface area is 99.9 Å². The fraction of sp³-hybridized carbons (Fsp3) is 1.00. The molecule has 1 saturated heterocycles. The van der Waals surface area contributed by atoms with Crippen LogP contribution in [0.25, 0.3) is 0 Å². The third-order valence-corrected chi connectivity index (χ3v) is 6.22. The van der Waals surface area contributed by atoms with E-state index in [-0.39, 0.29) is 5.41 Å². The largest absolute Gasteiger partial charge is 0.316 e. The molecule has 0 atom stereocenters. The summed E-state index contributed by atoms with van der Waals surface area (Å²) in [6.45, 7) is 9.49. The second-order valence-corrected chi connectivity index (χ2v) is 8.90. The van der Waals surface area contributed by atoms with E-state index in [0.29, 0.717) is 5.75 Å². The van der Waals surface area contributed by atoms with Gasteiger partial charge in [0.2, 0.25) is 0 Å². The van der Waals surface area contributed by atoms with Gasteiger partial charge in [-0.1, -0.05) is 13.3 Å². The number of sulfone groups is 1. The normalized spacial score (nSPS) is 20.5. The molecule has 0 unspecified atom stereocenters. The molecule has 0 saturated carbocycles. The third-order valence-electron chi connectivity index (χ3n) is 3.61. The van der Waals surface area contributed by atoms with E-state index in [1.165, 1.54) is 0 Å². The van der Waals surface area contributed by atoms with Gasteiger partial charge in [0.25, 0.3) is 0 Å². The van der Waals surface area contributed by atoms with Crippen molar-refractivity contribution in [1.29, 1.82) is 0 Å². The molecular formula is C12H25NO2S. The van der Waals surface area contributed by atoms with E-state index in [4.69, 9.17) is 0 Å². The lowest BCUT2D eigenvalue weighted by Gasteiger charge is -2.43. The molecule has 0 aromatic heterocycles. The Hall–Kier alpha value is -0.0900. The topological polar surface area (TPSA) is 46.2 Å². The first-order chi connectivity index (χ1) is 7.22. The first-order valence-electron chi connectivity index (χ1n) is 6.15. The molecule has 1 heterocycles. The molecule has 1 rings (SSSR count).